The zero-order valence-corrected chi connectivity index (χ0v) is 19.2. The fourth-order valence-electron chi connectivity index (χ4n) is 3.43. The summed E-state index contributed by atoms with van der Waals surface area (Å²) in [7, 11) is -3.54. The van der Waals surface area contributed by atoms with E-state index in [9.17, 15) is 17.6 Å². The molecule has 0 amide bonds. The Labute approximate surface area is 197 Å². The Morgan fingerprint density at radius 3 is 1.79 bits per heavy atom. The van der Waals surface area contributed by atoms with E-state index in [-0.39, 0.29) is 23.9 Å². The van der Waals surface area contributed by atoms with Crippen LogP contribution in [0.15, 0.2) is 77.7 Å². The largest absolute Gasteiger partial charge is 0.490 e. The Morgan fingerprint density at radius 2 is 1.26 bits per heavy atom. The van der Waals surface area contributed by atoms with Gasteiger partial charge in [0.1, 0.15) is 30.5 Å². The maximum atomic E-state index is 13.0. The third-order valence-corrected chi connectivity index (χ3v) is 7.19. The average molecular weight is 486 g/mol. The zero-order valence-electron chi connectivity index (χ0n) is 18.4. The molecule has 1 aliphatic heterocycles. The Morgan fingerprint density at radius 1 is 0.794 bits per heavy atom. The molecule has 0 aliphatic carbocycles. The van der Waals surface area contributed by atoms with Crippen LogP contribution in [0, 0.1) is 5.82 Å². The third-order valence-electron chi connectivity index (χ3n) is 5.28. The molecule has 0 radical (unpaired) electrons. The molecule has 0 aromatic heterocycles. The van der Waals surface area contributed by atoms with Crippen molar-refractivity contribution in [3.8, 4) is 11.5 Å². The van der Waals surface area contributed by atoms with Gasteiger partial charge in [-0.2, -0.15) is 4.31 Å². The van der Waals surface area contributed by atoms with Crippen molar-refractivity contribution < 1.29 is 31.8 Å². The molecule has 7 nitrogen and oxygen atoms in total. The highest BCUT2D eigenvalue weighted by Crippen LogP contribution is 2.21. The number of ether oxygens (including phenoxy) is 3. The smallest absolute Gasteiger partial charge is 0.243 e. The van der Waals surface area contributed by atoms with Crippen molar-refractivity contribution in [1.82, 2.24) is 4.31 Å². The third kappa shape index (κ3) is 5.80. The van der Waals surface area contributed by atoms with E-state index in [1.54, 1.807) is 36.4 Å². The summed E-state index contributed by atoms with van der Waals surface area (Å²) in [5.74, 6) is 0.515. The Bertz CT molecular complexity index is 1210. The molecule has 0 bridgehead atoms. The molecule has 3 aromatic carbocycles. The quantitative estimate of drug-likeness (QED) is 0.341. The van der Waals surface area contributed by atoms with E-state index < -0.39 is 15.8 Å². The highest BCUT2D eigenvalue weighted by Gasteiger charge is 2.26. The molecule has 0 spiro atoms. The monoisotopic (exact) mass is 485 g/mol. The normalized spacial score (nSPS) is 14.5. The molecule has 9 heteroatoms. The molecule has 4 rings (SSSR count). The lowest BCUT2D eigenvalue weighted by atomic mass is 10.0. The molecular formula is C25H24FNO6S. The van der Waals surface area contributed by atoms with Gasteiger partial charge in [-0.25, -0.2) is 12.8 Å². The number of hydrogen-bond donors (Lipinski definition) is 0. The van der Waals surface area contributed by atoms with Gasteiger partial charge in [-0.05, 0) is 72.8 Å². The van der Waals surface area contributed by atoms with Gasteiger partial charge in [-0.3, -0.25) is 4.79 Å². The van der Waals surface area contributed by atoms with Crippen molar-refractivity contribution in [2.24, 2.45) is 0 Å². The first-order valence-electron chi connectivity index (χ1n) is 10.8. The van der Waals surface area contributed by atoms with Crippen molar-refractivity contribution in [1.29, 1.82) is 0 Å². The highest BCUT2D eigenvalue weighted by molar-refractivity contribution is 7.89. The standard InChI is InChI=1S/C25H24FNO6S/c26-21-5-1-19(2-6-21)25(28)20-3-7-22(8-4-20)32-17-18-33-23-9-11-24(12-10-23)34(29,30)27-13-15-31-16-14-27/h1-12H,13-18H2. The van der Waals surface area contributed by atoms with Crippen LogP contribution in [0.2, 0.25) is 0 Å². The fraction of sp³-hybridized carbons (Fsp3) is 0.240. The number of halogens is 1. The molecule has 1 fully saturated rings. The van der Waals surface area contributed by atoms with Gasteiger partial charge < -0.3 is 14.2 Å². The maximum absolute atomic E-state index is 13.0. The van der Waals surface area contributed by atoms with Crippen LogP contribution in [-0.4, -0.2) is 58.0 Å². The van der Waals surface area contributed by atoms with E-state index in [0.717, 1.165) is 0 Å². The fourth-order valence-corrected chi connectivity index (χ4v) is 4.84. The molecule has 1 saturated heterocycles. The predicted molar refractivity (Wildman–Crippen MR) is 123 cm³/mol. The molecule has 0 unspecified atom stereocenters. The number of morpholine rings is 1. The van der Waals surface area contributed by atoms with E-state index >= 15 is 0 Å². The Kier molecular flexibility index (Phi) is 7.56. The maximum Gasteiger partial charge on any atom is 0.243 e. The number of sulfonamides is 1. The van der Waals surface area contributed by atoms with Crippen LogP contribution in [0.3, 0.4) is 0 Å². The number of hydrogen-bond acceptors (Lipinski definition) is 6. The summed E-state index contributed by atoms with van der Waals surface area (Å²) in [6.07, 6.45) is 0. The summed E-state index contributed by atoms with van der Waals surface area (Å²) >= 11 is 0. The molecule has 178 valence electrons. The summed E-state index contributed by atoms with van der Waals surface area (Å²) in [5, 5.41) is 0. The number of rotatable bonds is 9. The molecule has 1 aliphatic rings. The summed E-state index contributed by atoms with van der Waals surface area (Å²) in [4.78, 5) is 12.6. The molecule has 0 saturated carbocycles. The molecule has 0 atom stereocenters. The molecule has 3 aromatic rings. The molecule has 0 N–H and O–H groups in total. The van der Waals surface area contributed by atoms with E-state index in [1.165, 1.54) is 40.7 Å². The van der Waals surface area contributed by atoms with Gasteiger partial charge in [-0.1, -0.05) is 0 Å². The molecule has 34 heavy (non-hydrogen) atoms. The van der Waals surface area contributed by atoms with Crippen molar-refractivity contribution in [2.45, 2.75) is 4.90 Å². The van der Waals surface area contributed by atoms with Crippen molar-refractivity contribution in [3.05, 3.63) is 89.7 Å². The number of ketones is 1. The second-order valence-electron chi connectivity index (χ2n) is 7.55. The minimum atomic E-state index is -3.54. The van der Waals surface area contributed by atoms with Crippen LogP contribution in [0.4, 0.5) is 4.39 Å². The van der Waals surface area contributed by atoms with Gasteiger partial charge in [0.25, 0.3) is 0 Å². The lowest BCUT2D eigenvalue weighted by Gasteiger charge is -2.26. The molecule has 1 heterocycles. The summed E-state index contributed by atoms with van der Waals surface area (Å²) < 4.78 is 56.2. The molecular weight excluding hydrogens is 461 g/mol. The van der Waals surface area contributed by atoms with Crippen LogP contribution < -0.4 is 9.47 Å². The van der Waals surface area contributed by atoms with Gasteiger partial charge in [-0.15, -0.1) is 0 Å². The zero-order chi connectivity index (χ0) is 24.0. The topological polar surface area (TPSA) is 82.1 Å². The second kappa shape index (κ2) is 10.8. The van der Waals surface area contributed by atoms with Gasteiger partial charge >= 0.3 is 0 Å². The lowest BCUT2D eigenvalue weighted by Crippen LogP contribution is -2.40. The highest BCUT2D eigenvalue weighted by atomic mass is 32.2. The van der Waals surface area contributed by atoms with Gasteiger partial charge in [0.15, 0.2) is 5.78 Å². The van der Waals surface area contributed by atoms with Crippen molar-refractivity contribution in [2.75, 3.05) is 39.5 Å². The number of nitrogens with zero attached hydrogens (tertiary/aromatic N) is 1. The van der Waals surface area contributed by atoms with Gasteiger partial charge in [0.05, 0.1) is 18.1 Å². The van der Waals surface area contributed by atoms with Crippen LogP contribution in [0.5, 0.6) is 11.5 Å². The summed E-state index contributed by atoms with van der Waals surface area (Å²) in [6.45, 7) is 2.00. The number of carbonyl (C=O) groups is 1. The van der Waals surface area contributed by atoms with Crippen LogP contribution >= 0.6 is 0 Å². The van der Waals surface area contributed by atoms with E-state index in [2.05, 4.69) is 0 Å². The summed E-state index contributed by atoms with van der Waals surface area (Å²) in [5.41, 5.74) is 0.884. The predicted octanol–water partition coefficient (Wildman–Crippen LogP) is 3.54. The van der Waals surface area contributed by atoms with Gasteiger partial charge in [0, 0.05) is 24.2 Å². The van der Waals surface area contributed by atoms with Gasteiger partial charge in [0.2, 0.25) is 10.0 Å². The first-order valence-corrected chi connectivity index (χ1v) is 12.2. The summed E-state index contributed by atoms with van der Waals surface area (Å²) in [6, 6.07) is 18.3. The van der Waals surface area contributed by atoms with E-state index in [0.29, 0.717) is 48.9 Å². The van der Waals surface area contributed by atoms with Crippen LogP contribution in [-0.2, 0) is 14.8 Å². The Balaban J connectivity index is 1.25. The first-order chi connectivity index (χ1) is 16.4. The average Bonchev–Trinajstić information content (AvgIpc) is 2.88. The lowest BCUT2D eigenvalue weighted by molar-refractivity contribution is 0.0730. The van der Waals surface area contributed by atoms with Crippen molar-refractivity contribution >= 4 is 15.8 Å². The Hall–Kier alpha value is -3.27. The van der Waals surface area contributed by atoms with Crippen molar-refractivity contribution in [3.63, 3.8) is 0 Å². The number of benzene rings is 3. The minimum Gasteiger partial charge on any atom is -0.490 e. The number of carbonyl (C=O) groups excluding carboxylic acids is 1. The van der Waals surface area contributed by atoms with E-state index in [4.69, 9.17) is 14.2 Å². The second-order valence-corrected chi connectivity index (χ2v) is 9.48. The minimum absolute atomic E-state index is 0.200. The first kappa shape index (κ1) is 23.9. The SMILES string of the molecule is O=C(c1ccc(F)cc1)c1ccc(OCCOc2ccc(S(=O)(=O)N3CCOCC3)cc2)cc1. The van der Waals surface area contributed by atoms with E-state index in [1.807, 2.05) is 0 Å². The van der Waals surface area contributed by atoms with Crippen LogP contribution in [0.1, 0.15) is 15.9 Å². The van der Waals surface area contributed by atoms with Crippen LogP contribution in [0.25, 0.3) is 0 Å².